The molecule has 9 heteroatoms. The number of aryl methyl sites for hydroxylation is 1. The Morgan fingerprint density at radius 2 is 1.75 bits per heavy atom. The molecule has 3 rings (SSSR count). The number of carbonyl (C=O) groups is 2. The Bertz CT molecular complexity index is 1180. The second-order valence-corrected chi connectivity index (χ2v) is 11.2. The summed E-state index contributed by atoms with van der Waals surface area (Å²) in [6.07, 6.45) is 1.59. The summed E-state index contributed by atoms with van der Waals surface area (Å²) in [5.74, 6) is -1.92. The van der Waals surface area contributed by atoms with Crippen LogP contribution in [0.5, 0.6) is 0 Å². The van der Waals surface area contributed by atoms with Gasteiger partial charge >= 0.3 is 6.09 Å². The molecule has 0 saturated carbocycles. The van der Waals surface area contributed by atoms with E-state index < -0.39 is 46.1 Å². The molecule has 1 aliphatic rings. The molecule has 0 unspecified atom stereocenters. The highest BCUT2D eigenvalue weighted by Gasteiger charge is 2.42. The van der Waals surface area contributed by atoms with E-state index in [1.54, 1.807) is 32.9 Å². The zero-order chi connectivity index (χ0) is 26.5. The van der Waals surface area contributed by atoms with Gasteiger partial charge in [0, 0.05) is 6.04 Å². The Morgan fingerprint density at radius 3 is 2.36 bits per heavy atom. The van der Waals surface area contributed by atoms with Crippen molar-refractivity contribution in [2.75, 3.05) is 6.61 Å². The summed E-state index contributed by atoms with van der Waals surface area (Å²) in [5, 5.41) is 10.8. The quantitative estimate of drug-likeness (QED) is 0.470. The zero-order valence-electron chi connectivity index (χ0n) is 21.0. The lowest BCUT2D eigenvalue weighted by atomic mass is 9.90. The molecule has 2 amide bonds. The van der Waals surface area contributed by atoms with Gasteiger partial charge in [-0.05, 0) is 43.9 Å². The Balaban J connectivity index is 1.79. The average molecular weight is 515 g/mol. The largest absolute Gasteiger partial charge is 0.447 e. The molecule has 1 saturated heterocycles. The predicted molar refractivity (Wildman–Crippen MR) is 137 cm³/mol. The maximum absolute atomic E-state index is 13.5. The number of benzene rings is 2. The van der Waals surface area contributed by atoms with Gasteiger partial charge in [0.2, 0.25) is 15.9 Å². The van der Waals surface area contributed by atoms with E-state index in [-0.39, 0.29) is 17.4 Å². The van der Waals surface area contributed by atoms with Crippen LogP contribution in [0.15, 0.2) is 71.6 Å². The standard InChI is InChI=1S/C27H34N2O6S/c1-18(2)25(30)24(15-12-20(4)28-36(33,34)23-13-10-19(3)11-14-23)26(31)29-22(17-35-27(29)32)16-21-8-6-5-7-9-21/h5-15,18,20,22,24-25,28,30H,16-17H2,1-4H3/b15-12+/t20-,22+,24-,25+/m0/s1. The summed E-state index contributed by atoms with van der Waals surface area (Å²) >= 11 is 0. The van der Waals surface area contributed by atoms with Crippen LogP contribution < -0.4 is 4.72 Å². The van der Waals surface area contributed by atoms with Crippen LogP contribution in [0.3, 0.4) is 0 Å². The number of imide groups is 1. The van der Waals surface area contributed by atoms with Gasteiger partial charge in [0.25, 0.3) is 0 Å². The number of aliphatic hydroxyl groups excluding tert-OH is 1. The number of nitrogens with zero attached hydrogens (tertiary/aromatic N) is 1. The van der Waals surface area contributed by atoms with Crippen LogP contribution in [0.4, 0.5) is 4.79 Å². The molecule has 36 heavy (non-hydrogen) atoms. The number of hydrogen-bond donors (Lipinski definition) is 2. The summed E-state index contributed by atoms with van der Waals surface area (Å²) in [6, 6.07) is 14.8. The fraction of sp³-hybridized carbons (Fsp3) is 0.407. The topological polar surface area (TPSA) is 113 Å². The third kappa shape index (κ3) is 6.81. The highest BCUT2D eigenvalue weighted by atomic mass is 32.2. The van der Waals surface area contributed by atoms with E-state index in [4.69, 9.17) is 4.74 Å². The van der Waals surface area contributed by atoms with E-state index in [2.05, 4.69) is 4.72 Å². The number of nitrogens with one attached hydrogen (secondary N) is 1. The Kier molecular flexibility index (Phi) is 9.05. The second-order valence-electron chi connectivity index (χ2n) is 9.50. The van der Waals surface area contributed by atoms with Crippen molar-refractivity contribution in [2.45, 2.75) is 57.2 Å². The number of sulfonamides is 1. The van der Waals surface area contributed by atoms with E-state index in [1.807, 2.05) is 37.3 Å². The fourth-order valence-electron chi connectivity index (χ4n) is 4.04. The maximum atomic E-state index is 13.5. The van der Waals surface area contributed by atoms with Gasteiger partial charge in [0.1, 0.15) is 6.61 Å². The Morgan fingerprint density at radius 1 is 1.11 bits per heavy atom. The van der Waals surface area contributed by atoms with E-state index in [0.717, 1.165) is 16.0 Å². The van der Waals surface area contributed by atoms with Gasteiger partial charge in [-0.3, -0.25) is 4.79 Å². The number of amides is 2. The number of cyclic esters (lactones) is 1. The molecule has 0 spiro atoms. The van der Waals surface area contributed by atoms with Crippen LogP contribution in [0.25, 0.3) is 0 Å². The molecular formula is C27H34N2O6S. The molecule has 8 nitrogen and oxygen atoms in total. The summed E-state index contributed by atoms with van der Waals surface area (Å²) < 4.78 is 33.2. The van der Waals surface area contributed by atoms with Crippen LogP contribution in [0.1, 0.15) is 31.9 Å². The molecule has 4 atom stereocenters. The van der Waals surface area contributed by atoms with Crippen molar-refractivity contribution in [3.63, 3.8) is 0 Å². The highest BCUT2D eigenvalue weighted by Crippen LogP contribution is 2.24. The Hall–Kier alpha value is -3.01. The van der Waals surface area contributed by atoms with Crippen molar-refractivity contribution in [1.29, 1.82) is 0 Å². The molecule has 2 aromatic rings. The number of aliphatic hydroxyl groups is 1. The second kappa shape index (κ2) is 11.8. The molecule has 1 heterocycles. The van der Waals surface area contributed by atoms with Crippen LogP contribution in [-0.4, -0.2) is 55.2 Å². The number of ether oxygens (including phenoxy) is 1. The first-order valence-electron chi connectivity index (χ1n) is 12.0. The fourth-order valence-corrected chi connectivity index (χ4v) is 5.24. The molecule has 0 bridgehead atoms. The molecule has 0 aliphatic carbocycles. The molecule has 0 radical (unpaired) electrons. The lowest BCUT2D eigenvalue weighted by molar-refractivity contribution is -0.135. The van der Waals surface area contributed by atoms with Crippen molar-refractivity contribution in [2.24, 2.45) is 11.8 Å². The number of carbonyl (C=O) groups excluding carboxylic acids is 2. The van der Waals surface area contributed by atoms with Gasteiger partial charge in [-0.25, -0.2) is 22.8 Å². The van der Waals surface area contributed by atoms with Crippen molar-refractivity contribution < 1.29 is 27.9 Å². The SMILES string of the molecule is Cc1ccc(S(=O)(=O)N[C@@H](C)/C=C/[C@H](C(=O)N2C(=O)OC[C@H]2Cc2ccccc2)[C@H](O)C(C)C)cc1. The monoisotopic (exact) mass is 514 g/mol. The molecule has 1 fully saturated rings. The van der Waals surface area contributed by atoms with E-state index in [0.29, 0.717) is 6.42 Å². The van der Waals surface area contributed by atoms with Gasteiger partial charge in [-0.1, -0.05) is 74.0 Å². The lowest BCUT2D eigenvalue weighted by Gasteiger charge is -2.28. The minimum absolute atomic E-state index is 0.0699. The van der Waals surface area contributed by atoms with Crippen LogP contribution in [0.2, 0.25) is 0 Å². The first kappa shape index (κ1) is 27.6. The van der Waals surface area contributed by atoms with Gasteiger partial charge in [0.05, 0.1) is 23.0 Å². The maximum Gasteiger partial charge on any atom is 0.417 e. The smallest absolute Gasteiger partial charge is 0.417 e. The van der Waals surface area contributed by atoms with Crippen molar-refractivity contribution in [3.8, 4) is 0 Å². The number of rotatable bonds is 10. The van der Waals surface area contributed by atoms with Crippen LogP contribution >= 0.6 is 0 Å². The summed E-state index contributed by atoms with van der Waals surface area (Å²) in [5.41, 5.74) is 1.89. The zero-order valence-corrected chi connectivity index (χ0v) is 21.8. The van der Waals surface area contributed by atoms with E-state index in [9.17, 15) is 23.1 Å². The van der Waals surface area contributed by atoms with Crippen LogP contribution in [0, 0.1) is 18.8 Å². The van der Waals surface area contributed by atoms with Gasteiger partial charge in [-0.2, -0.15) is 0 Å². The molecular weight excluding hydrogens is 480 g/mol. The third-order valence-corrected chi connectivity index (χ3v) is 7.70. The summed E-state index contributed by atoms with van der Waals surface area (Å²) in [6.45, 7) is 7.11. The normalized spacial score (nSPS) is 18.9. The molecule has 194 valence electrons. The van der Waals surface area contributed by atoms with Gasteiger partial charge in [0.15, 0.2) is 0 Å². The van der Waals surface area contributed by atoms with Crippen molar-refractivity contribution in [3.05, 3.63) is 77.9 Å². The van der Waals surface area contributed by atoms with Gasteiger partial charge < -0.3 is 9.84 Å². The lowest BCUT2D eigenvalue weighted by Crippen LogP contribution is -2.47. The molecule has 0 aromatic heterocycles. The highest BCUT2D eigenvalue weighted by molar-refractivity contribution is 7.89. The van der Waals surface area contributed by atoms with Crippen LogP contribution in [-0.2, 0) is 26.0 Å². The first-order chi connectivity index (χ1) is 17.0. The first-order valence-corrected chi connectivity index (χ1v) is 13.5. The minimum Gasteiger partial charge on any atom is -0.447 e. The number of hydrogen-bond acceptors (Lipinski definition) is 6. The van der Waals surface area contributed by atoms with E-state index >= 15 is 0 Å². The third-order valence-electron chi connectivity index (χ3n) is 6.13. The van der Waals surface area contributed by atoms with Crippen molar-refractivity contribution in [1.82, 2.24) is 9.62 Å². The average Bonchev–Trinajstić information content (AvgIpc) is 3.19. The predicted octanol–water partition coefficient (Wildman–Crippen LogP) is 3.44. The minimum atomic E-state index is -3.78. The summed E-state index contributed by atoms with van der Waals surface area (Å²) in [7, 11) is -3.78. The molecule has 2 aromatic carbocycles. The molecule has 1 aliphatic heterocycles. The van der Waals surface area contributed by atoms with Crippen molar-refractivity contribution >= 4 is 22.0 Å². The van der Waals surface area contributed by atoms with E-state index in [1.165, 1.54) is 24.3 Å². The van der Waals surface area contributed by atoms with Gasteiger partial charge in [-0.15, -0.1) is 0 Å². The Labute approximate surface area is 213 Å². The summed E-state index contributed by atoms with van der Waals surface area (Å²) in [4.78, 5) is 27.2. The molecule has 2 N–H and O–H groups in total.